The quantitative estimate of drug-likeness (QED) is 0.671. The highest BCUT2D eigenvalue weighted by molar-refractivity contribution is 5.45. The van der Waals surface area contributed by atoms with Crippen molar-refractivity contribution in [2.45, 2.75) is 20.0 Å². The number of nitrogens with zero attached hydrogens (tertiary/aromatic N) is 3. The summed E-state index contributed by atoms with van der Waals surface area (Å²) in [7, 11) is 0. The van der Waals surface area contributed by atoms with E-state index >= 15 is 0 Å². The molecular weight excluding hydrogens is 281 g/mol. The van der Waals surface area contributed by atoms with Crippen molar-refractivity contribution in [3.63, 3.8) is 0 Å². The Hall–Kier alpha value is -2.61. The van der Waals surface area contributed by atoms with Gasteiger partial charge >= 0.3 is 0 Å². The minimum Gasteiger partial charge on any atom is -0.436 e. The fourth-order valence-corrected chi connectivity index (χ4v) is 1.75. The molecule has 0 radical (unpaired) electrons. The van der Waals surface area contributed by atoms with Gasteiger partial charge in [0.15, 0.2) is 0 Å². The predicted molar refractivity (Wildman–Crippen MR) is 70.5 cm³/mol. The molecule has 1 heterocycles. The SMILES string of the molecule is CCc1ncnc(Oc2ccc([N+](=O)[O-])c(CO)c2)c1F. The van der Waals surface area contributed by atoms with Crippen LogP contribution >= 0.6 is 0 Å². The molecule has 110 valence electrons. The summed E-state index contributed by atoms with van der Waals surface area (Å²) in [5.41, 5.74) is 0.0502. The third-order valence-corrected chi connectivity index (χ3v) is 2.80. The van der Waals surface area contributed by atoms with E-state index in [9.17, 15) is 14.5 Å². The van der Waals surface area contributed by atoms with Crippen LogP contribution < -0.4 is 4.74 Å². The Labute approximate surface area is 119 Å². The van der Waals surface area contributed by atoms with Crippen molar-refractivity contribution in [3.8, 4) is 11.6 Å². The van der Waals surface area contributed by atoms with Crippen molar-refractivity contribution in [1.29, 1.82) is 0 Å². The van der Waals surface area contributed by atoms with Gasteiger partial charge in [-0.1, -0.05) is 6.92 Å². The van der Waals surface area contributed by atoms with Crippen LogP contribution in [-0.2, 0) is 13.0 Å². The standard InChI is InChI=1S/C13H12FN3O4/c1-2-10-12(14)13(16-7-15-10)21-9-3-4-11(17(19)20)8(5-9)6-18/h3-5,7,18H,2,6H2,1H3. The number of aryl methyl sites for hydroxylation is 1. The number of aliphatic hydroxyl groups excluding tert-OH is 1. The van der Waals surface area contributed by atoms with Crippen LogP contribution in [0.5, 0.6) is 11.6 Å². The fraction of sp³-hybridized carbons (Fsp3) is 0.231. The van der Waals surface area contributed by atoms with Crippen LogP contribution in [0.2, 0.25) is 0 Å². The molecule has 2 aromatic rings. The maximum Gasteiger partial charge on any atom is 0.275 e. The Bertz CT molecular complexity index is 678. The van der Waals surface area contributed by atoms with Gasteiger partial charge in [-0.3, -0.25) is 10.1 Å². The van der Waals surface area contributed by atoms with E-state index in [4.69, 9.17) is 9.84 Å². The maximum atomic E-state index is 13.9. The molecule has 0 atom stereocenters. The molecule has 0 spiro atoms. The van der Waals surface area contributed by atoms with Crippen molar-refractivity contribution < 1.29 is 19.2 Å². The molecule has 0 unspecified atom stereocenters. The van der Waals surface area contributed by atoms with Crippen molar-refractivity contribution in [2.75, 3.05) is 0 Å². The van der Waals surface area contributed by atoms with Gasteiger partial charge in [0.05, 0.1) is 22.8 Å². The summed E-state index contributed by atoms with van der Waals surface area (Å²) in [6.45, 7) is 1.21. The number of hydrogen-bond acceptors (Lipinski definition) is 6. The topological polar surface area (TPSA) is 98.4 Å². The van der Waals surface area contributed by atoms with Crippen LogP contribution in [0.25, 0.3) is 0 Å². The number of ether oxygens (including phenoxy) is 1. The molecule has 21 heavy (non-hydrogen) atoms. The van der Waals surface area contributed by atoms with Gasteiger partial charge in [-0.15, -0.1) is 0 Å². The van der Waals surface area contributed by atoms with Gasteiger partial charge < -0.3 is 9.84 Å². The number of aromatic nitrogens is 2. The minimum absolute atomic E-state index is 0.0719. The zero-order valence-corrected chi connectivity index (χ0v) is 11.1. The van der Waals surface area contributed by atoms with Gasteiger partial charge in [0.1, 0.15) is 12.1 Å². The first kappa shape index (κ1) is 14.8. The first-order valence-corrected chi connectivity index (χ1v) is 6.12. The summed E-state index contributed by atoms with van der Waals surface area (Å²) in [6.07, 6.45) is 1.56. The molecule has 0 aliphatic heterocycles. The lowest BCUT2D eigenvalue weighted by molar-refractivity contribution is -0.385. The Balaban J connectivity index is 2.34. The highest BCUT2D eigenvalue weighted by Gasteiger charge is 2.16. The van der Waals surface area contributed by atoms with E-state index < -0.39 is 17.3 Å². The average molecular weight is 293 g/mol. The smallest absolute Gasteiger partial charge is 0.275 e. The fourth-order valence-electron chi connectivity index (χ4n) is 1.75. The molecule has 8 heteroatoms. The maximum absolute atomic E-state index is 13.9. The molecule has 7 nitrogen and oxygen atoms in total. The highest BCUT2D eigenvalue weighted by atomic mass is 19.1. The van der Waals surface area contributed by atoms with Crippen molar-refractivity contribution in [2.24, 2.45) is 0 Å². The van der Waals surface area contributed by atoms with Crippen LogP contribution in [-0.4, -0.2) is 20.0 Å². The van der Waals surface area contributed by atoms with Gasteiger partial charge in [0.2, 0.25) is 5.82 Å². The summed E-state index contributed by atoms with van der Waals surface area (Å²) < 4.78 is 19.2. The number of aliphatic hydroxyl groups is 1. The Morgan fingerprint density at radius 2 is 2.19 bits per heavy atom. The number of rotatable bonds is 5. The van der Waals surface area contributed by atoms with Crippen molar-refractivity contribution in [1.82, 2.24) is 9.97 Å². The van der Waals surface area contributed by atoms with Crippen LogP contribution in [0, 0.1) is 15.9 Å². The summed E-state index contributed by atoms with van der Waals surface area (Å²) in [5, 5.41) is 19.9. The Morgan fingerprint density at radius 3 is 2.81 bits per heavy atom. The monoisotopic (exact) mass is 293 g/mol. The summed E-state index contributed by atoms with van der Waals surface area (Å²) >= 11 is 0. The second kappa shape index (κ2) is 6.23. The first-order valence-electron chi connectivity index (χ1n) is 6.12. The summed E-state index contributed by atoms with van der Waals surface area (Å²) in [6, 6.07) is 3.76. The lowest BCUT2D eigenvalue weighted by Crippen LogP contribution is -2.00. The van der Waals surface area contributed by atoms with E-state index in [-0.39, 0.29) is 28.6 Å². The van der Waals surface area contributed by atoms with E-state index in [0.29, 0.717) is 6.42 Å². The predicted octanol–water partition coefficient (Wildman–Crippen LogP) is 2.37. The summed E-state index contributed by atoms with van der Waals surface area (Å²) in [5.74, 6) is -0.798. The normalized spacial score (nSPS) is 10.4. The van der Waals surface area contributed by atoms with E-state index in [1.807, 2.05) is 0 Å². The number of hydrogen-bond donors (Lipinski definition) is 1. The molecule has 1 N–H and O–H groups in total. The van der Waals surface area contributed by atoms with Crippen LogP contribution in [0.3, 0.4) is 0 Å². The lowest BCUT2D eigenvalue weighted by atomic mass is 10.2. The second-order valence-electron chi connectivity index (χ2n) is 4.10. The minimum atomic E-state index is -0.677. The van der Waals surface area contributed by atoms with Gasteiger partial charge in [0, 0.05) is 6.07 Å². The Kier molecular flexibility index (Phi) is 4.39. The molecule has 0 amide bonds. The van der Waals surface area contributed by atoms with E-state index in [1.54, 1.807) is 6.92 Å². The molecular formula is C13H12FN3O4. The number of nitro benzene ring substituents is 1. The largest absolute Gasteiger partial charge is 0.436 e. The zero-order valence-electron chi connectivity index (χ0n) is 11.1. The lowest BCUT2D eigenvalue weighted by Gasteiger charge is -2.08. The number of benzene rings is 1. The molecule has 1 aromatic carbocycles. The average Bonchev–Trinajstić information content (AvgIpc) is 2.49. The molecule has 0 fully saturated rings. The Morgan fingerprint density at radius 1 is 1.43 bits per heavy atom. The van der Waals surface area contributed by atoms with E-state index in [0.717, 1.165) is 0 Å². The number of nitro groups is 1. The number of halogens is 1. The van der Waals surface area contributed by atoms with Gasteiger partial charge in [-0.05, 0) is 18.6 Å². The van der Waals surface area contributed by atoms with Crippen LogP contribution in [0.15, 0.2) is 24.5 Å². The molecule has 0 bridgehead atoms. The van der Waals surface area contributed by atoms with E-state index in [2.05, 4.69) is 9.97 Å². The van der Waals surface area contributed by atoms with Gasteiger partial charge in [-0.2, -0.15) is 9.37 Å². The van der Waals surface area contributed by atoms with Gasteiger partial charge in [-0.25, -0.2) is 4.98 Å². The third kappa shape index (κ3) is 3.11. The van der Waals surface area contributed by atoms with Crippen LogP contribution in [0.1, 0.15) is 18.2 Å². The highest BCUT2D eigenvalue weighted by Crippen LogP contribution is 2.28. The van der Waals surface area contributed by atoms with Crippen molar-refractivity contribution >= 4 is 5.69 Å². The molecule has 0 aliphatic carbocycles. The summed E-state index contributed by atoms with van der Waals surface area (Å²) in [4.78, 5) is 17.6. The molecule has 1 aromatic heterocycles. The second-order valence-corrected chi connectivity index (χ2v) is 4.10. The molecule has 0 saturated carbocycles. The van der Waals surface area contributed by atoms with Gasteiger partial charge in [0.25, 0.3) is 11.6 Å². The molecule has 0 saturated heterocycles. The van der Waals surface area contributed by atoms with Crippen molar-refractivity contribution in [3.05, 3.63) is 51.7 Å². The molecule has 0 aliphatic rings. The molecule has 2 rings (SSSR count). The van der Waals surface area contributed by atoms with E-state index in [1.165, 1.54) is 24.5 Å². The first-order chi connectivity index (χ1) is 10.1. The zero-order chi connectivity index (χ0) is 15.4. The van der Waals surface area contributed by atoms with Crippen LogP contribution in [0.4, 0.5) is 10.1 Å². The third-order valence-electron chi connectivity index (χ3n) is 2.80.